The Kier molecular flexibility index (Phi) is 7.55. The number of nitrogens with one attached hydrogen (secondary N) is 2. The Hall–Kier alpha value is -3.91. The molecule has 3 aliphatic rings. The molecule has 8 heteroatoms. The molecule has 2 N–H and O–H groups in total. The van der Waals surface area contributed by atoms with Crippen molar-refractivity contribution in [1.82, 2.24) is 29.7 Å². The fourth-order valence-electron chi connectivity index (χ4n) is 7.55. The molecule has 2 fully saturated rings. The number of amides is 1. The second-order valence-electron chi connectivity index (χ2n) is 12.4. The number of hydrogen-bond acceptors (Lipinski definition) is 5. The molecule has 7 rings (SSSR count). The van der Waals surface area contributed by atoms with Crippen molar-refractivity contribution in [3.8, 4) is 0 Å². The number of piperidine rings is 1. The number of carbonyl (C=O) groups excluding carboxylic acids is 1. The molecule has 1 saturated carbocycles. The molecule has 218 valence electrons. The maximum absolute atomic E-state index is 13.6. The minimum absolute atomic E-state index is 0.0375. The number of benzene rings is 2. The molecule has 0 atom stereocenters. The molecule has 1 amide bonds. The van der Waals surface area contributed by atoms with Crippen molar-refractivity contribution in [1.29, 1.82) is 0 Å². The van der Waals surface area contributed by atoms with E-state index in [1.165, 1.54) is 74.8 Å². The number of anilines is 1. The zero-order valence-electron chi connectivity index (χ0n) is 24.3. The predicted octanol–water partition coefficient (Wildman–Crippen LogP) is 5.66. The van der Waals surface area contributed by atoms with Crippen LogP contribution in [0.5, 0.6) is 0 Å². The zero-order valence-corrected chi connectivity index (χ0v) is 24.3. The summed E-state index contributed by atoms with van der Waals surface area (Å²) >= 11 is 0. The fourth-order valence-corrected chi connectivity index (χ4v) is 7.55. The van der Waals surface area contributed by atoms with Gasteiger partial charge in [-0.2, -0.15) is 0 Å². The molecule has 2 aliphatic heterocycles. The van der Waals surface area contributed by atoms with Gasteiger partial charge >= 0.3 is 0 Å². The first-order valence-electron chi connectivity index (χ1n) is 15.6. The lowest BCUT2D eigenvalue weighted by Crippen LogP contribution is -2.49. The topological polar surface area (TPSA) is 84.2 Å². The second kappa shape index (κ2) is 11.8. The summed E-state index contributed by atoms with van der Waals surface area (Å²) < 4.78 is 0. The van der Waals surface area contributed by atoms with Crippen LogP contribution in [-0.2, 0) is 25.0 Å². The summed E-state index contributed by atoms with van der Waals surface area (Å²) in [5.74, 6) is 1.46. The highest BCUT2D eigenvalue weighted by molar-refractivity contribution is 5.94. The van der Waals surface area contributed by atoms with Gasteiger partial charge in [0.2, 0.25) is 0 Å². The second-order valence-corrected chi connectivity index (χ2v) is 12.4. The van der Waals surface area contributed by atoms with E-state index in [1.54, 1.807) is 29.7 Å². The molecule has 1 spiro atoms. The Morgan fingerprint density at radius 2 is 1.55 bits per heavy atom. The lowest BCUT2D eigenvalue weighted by molar-refractivity contribution is 0.0721. The Morgan fingerprint density at radius 3 is 2.19 bits per heavy atom. The first-order chi connectivity index (χ1) is 20.7. The normalized spacial score (nSPS) is 18.8. The molecule has 0 bridgehead atoms. The van der Waals surface area contributed by atoms with Crippen molar-refractivity contribution in [3.05, 3.63) is 102 Å². The molecular formula is C34H41N7O. The average Bonchev–Trinajstić information content (AvgIpc) is 3.81. The van der Waals surface area contributed by atoms with Gasteiger partial charge in [-0.1, -0.05) is 49.6 Å². The van der Waals surface area contributed by atoms with Crippen LogP contribution in [0.3, 0.4) is 0 Å². The Labute approximate surface area is 248 Å². The lowest BCUT2D eigenvalue weighted by atomic mass is 9.73. The monoisotopic (exact) mass is 563 g/mol. The largest absolute Gasteiger partial charge is 0.366 e. The van der Waals surface area contributed by atoms with Crippen molar-refractivity contribution in [2.45, 2.75) is 76.0 Å². The standard InChI is InChI=1S/C34H41N7O/c42-33(40(23-31-35-16-17-36-31)24-32-37-18-19-38-32)27-12-10-26(11-13-27)22-41-25-34(29-8-4-5-9-30(29)41)14-20-39(21-15-34)28-6-2-1-3-7-28/h4-5,8-13,16-19,28H,1-3,6-7,14-15,20-25H2,(H,35,36)(H,37,38). The number of aromatic nitrogens is 4. The third kappa shape index (κ3) is 5.48. The van der Waals surface area contributed by atoms with Crippen LogP contribution in [0.4, 0.5) is 5.69 Å². The number of aromatic amines is 2. The molecule has 1 saturated heterocycles. The number of hydrogen-bond donors (Lipinski definition) is 2. The number of fused-ring (bicyclic) bond motifs is 2. The number of imidazole rings is 2. The van der Waals surface area contributed by atoms with Crippen molar-refractivity contribution >= 4 is 11.6 Å². The molecular weight excluding hydrogens is 522 g/mol. The molecule has 4 aromatic rings. The molecule has 2 aromatic carbocycles. The van der Waals surface area contributed by atoms with Gasteiger partial charge in [-0.3, -0.25) is 4.79 Å². The Balaban J connectivity index is 1.04. The first-order valence-corrected chi connectivity index (χ1v) is 15.6. The Bertz CT molecular complexity index is 1410. The SMILES string of the molecule is O=C(c1ccc(CN2CC3(CCN(C4CCCCC4)CC3)c3ccccc32)cc1)N(Cc1ncc[nH]1)Cc1ncc[nH]1. The summed E-state index contributed by atoms with van der Waals surface area (Å²) in [7, 11) is 0. The van der Waals surface area contributed by atoms with E-state index in [-0.39, 0.29) is 11.3 Å². The van der Waals surface area contributed by atoms with Crippen molar-refractivity contribution in [3.63, 3.8) is 0 Å². The van der Waals surface area contributed by atoms with Gasteiger partial charge in [0, 0.05) is 60.6 Å². The van der Waals surface area contributed by atoms with E-state index in [9.17, 15) is 4.79 Å². The van der Waals surface area contributed by atoms with Crippen LogP contribution in [0.2, 0.25) is 0 Å². The van der Waals surface area contributed by atoms with Crippen LogP contribution < -0.4 is 4.90 Å². The van der Waals surface area contributed by atoms with E-state index in [2.05, 4.69) is 66.1 Å². The Morgan fingerprint density at radius 1 is 0.881 bits per heavy atom. The highest BCUT2D eigenvalue weighted by Crippen LogP contribution is 2.48. The molecule has 1 aliphatic carbocycles. The third-order valence-electron chi connectivity index (χ3n) is 9.81. The maximum atomic E-state index is 13.6. The van der Waals surface area contributed by atoms with E-state index < -0.39 is 0 Å². The summed E-state index contributed by atoms with van der Waals surface area (Å²) in [6.45, 7) is 5.14. The highest BCUT2D eigenvalue weighted by atomic mass is 16.2. The minimum atomic E-state index is -0.0375. The summed E-state index contributed by atoms with van der Waals surface area (Å²) in [4.78, 5) is 35.6. The number of rotatable bonds is 8. The number of H-pyrrole nitrogens is 2. The van der Waals surface area contributed by atoms with E-state index >= 15 is 0 Å². The number of para-hydroxylation sites is 1. The van der Waals surface area contributed by atoms with Gasteiger partial charge in [0.25, 0.3) is 5.91 Å². The summed E-state index contributed by atoms with van der Waals surface area (Å²) in [6, 6.07) is 18.0. The van der Waals surface area contributed by atoms with Crippen LogP contribution >= 0.6 is 0 Å². The average molecular weight is 564 g/mol. The van der Waals surface area contributed by atoms with Crippen molar-refractivity contribution < 1.29 is 4.79 Å². The van der Waals surface area contributed by atoms with Gasteiger partial charge in [0.1, 0.15) is 11.6 Å². The molecule has 42 heavy (non-hydrogen) atoms. The van der Waals surface area contributed by atoms with Gasteiger partial charge in [0.15, 0.2) is 0 Å². The first kappa shape index (κ1) is 27.0. The van der Waals surface area contributed by atoms with Gasteiger partial charge in [-0.05, 0) is 68.1 Å². The zero-order chi connectivity index (χ0) is 28.4. The van der Waals surface area contributed by atoms with Crippen LogP contribution in [-0.4, -0.2) is 61.3 Å². The summed E-state index contributed by atoms with van der Waals surface area (Å²) in [6.07, 6.45) is 16.5. The third-order valence-corrected chi connectivity index (χ3v) is 9.81. The fraction of sp³-hybridized carbons (Fsp3) is 0.441. The van der Waals surface area contributed by atoms with E-state index in [1.807, 2.05) is 12.1 Å². The van der Waals surface area contributed by atoms with Crippen LogP contribution in [0, 0.1) is 0 Å². The maximum Gasteiger partial charge on any atom is 0.254 e. The minimum Gasteiger partial charge on any atom is -0.366 e. The summed E-state index contributed by atoms with van der Waals surface area (Å²) in [5, 5.41) is 0. The van der Waals surface area contributed by atoms with Gasteiger partial charge in [-0.15, -0.1) is 0 Å². The van der Waals surface area contributed by atoms with Crippen molar-refractivity contribution in [2.75, 3.05) is 24.5 Å². The van der Waals surface area contributed by atoms with E-state index in [0.29, 0.717) is 18.7 Å². The van der Waals surface area contributed by atoms with Gasteiger partial charge in [0.05, 0.1) is 13.1 Å². The number of carbonyl (C=O) groups is 1. The van der Waals surface area contributed by atoms with Crippen molar-refractivity contribution in [2.24, 2.45) is 0 Å². The number of likely N-dealkylation sites (tertiary alicyclic amines) is 1. The van der Waals surface area contributed by atoms with Crippen LogP contribution in [0.15, 0.2) is 73.3 Å². The molecule has 2 aromatic heterocycles. The van der Waals surface area contributed by atoms with Gasteiger partial charge < -0.3 is 24.7 Å². The number of nitrogens with zero attached hydrogens (tertiary/aromatic N) is 5. The van der Waals surface area contributed by atoms with E-state index in [0.717, 1.165) is 30.8 Å². The van der Waals surface area contributed by atoms with Crippen LogP contribution in [0.25, 0.3) is 0 Å². The quantitative estimate of drug-likeness (QED) is 0.289. The van der Waals surface area contributed by atoms with E-state index in [4.69, 9.17) is 0 Å². The highest BCUT2D eigenvalue weighted by Gasteiger charge is 2.45. The van der Waals surface area contributed by atoms with Gasteiger partial charge in [-0.25, -0.2) is 9.97 Å². The molecule has 4 heterocycles. The summed E-state index contributed by atoms with van der Waals surface area (Å²) in [5.41, 5.74) is 5.06. The van der Waals surface area contributed by atoms with Crippen LogP contribution in [0.1, 0.15) is 78.1 Å². The lowest BCUT2D eigenvalue weighted by Gasteiger charge is -2.44. The molecule has 0 radical (unpaired) electrons. The molecule has 8 nitrogen and oxygen atoms in total. The smallest absolute Gasteiger partial charge is 0.254 e. The molecule has 0 unspecified atom stereocenters. The predicted molar refractivity (Wildman–Crippen MR) is 164 cm³/mol.